The summed E-state index contributed by atoms with van der Waals surface area (Å²) in [6, 6.07) is 25.9. The standard InChI is InChI=1S/C27H25N3O3S/c1-32-23-14-13-20(15-24(23)33-2)26-22(17-30(28-26)21-11-7-4-8-12-21)27-29(25(31)18-34-27)16-19-9-5-3-6-10-19/h3-15,17,27H,16,18H2,1-2H3. The molecule has 34 heavy (non-hydrogen) atoms. The lowest BCUT2D eigenvalue weighted by molar-refractivity contribution is -0.128. The second-order valence-corrected chi connectivity index (χ2v) is 9.02. The first-order chi connectivity index (χ1) is 16.7. The maximum atomic E-state index is 12.9. The highest BCUT2D eigenvalue weighted by Crippen LogP contribution is 2.44. The summed E-state index contributed by atoms with van der Waals surface area (Å²) in [7, 11) is 3.24. The molecule has 172 valence electrons. The maximum Gasteiger partial charge on any atom is 0.234 e. The fourth-order valence-electron chi connectivity index (χ4n) is 4.15. The Bertz CT molecular complexity index is 1290. The van der Waals surface area contributed by atoms with E-state index in [0.29, 0.717) is 23.8 Å². The van der Waals surface area contributed by atoms with Gasteiger partial charge in [-0.1, -0.05) is 48.5 Å². The molecule has 1 aliphatic rings. The van der Waals surface area contributed by atoms with Crippen LogP contribution in [0.15, 0.2) is 85.1 Å². The minimum Gasteiger partial charge on any atom is -0.493 e. The van der Waals surface area contributed by atoms with Gasteiger partial charge in [0.1, 0.15) is 5.37 Å². The van der Waals surface area contributed by atoms with Gasteiger partial charge < -0.3 is 14.4 Å². The fourth-order valence-corrected chi connectivity index (χ4v) is 5.34. The van der Waals surface area contributed by atoms with Gasteiger partial charge in [-0.3, -0.25) is 4.79 Å². The highest BCUT2D eigenvalue weighted by molar-refractivity contribution is 8.00. The molecule has 1 unspecified atom stereocenters. The van der Waals surface area contributed by atoms with Crippen LogP contribution in [0, 0.1) is 0 Å². The van der Waals surface area contributed by atoms with Crippen molar-refractivity contribution in [2.75, 3.05) is 20.0 Å². The topological polar surface area (TPSA) is 56.6 Å². The third-order valence-corrected chi connectivity index (χ3v) is 7.09. The Morgan fingerprint density at radius 1 is 0.941 bits per heavy atom. The van der Waals surface area contributed by atoms with E-state index in [0.717, 1.165) is 28.1 Å². The number of para-hydroxylation sites is 1. The highest BCUT2D eigenvalue weighted by atomic mass is 32.2. The average Bonchev–Trinajstić information content (AvgIpc) is 3.48. The molecule has 0 radical (unpaired) electrons. The summed E-state index contributed by atoms with van der Waals surface area (Å²) in [5.74, 6) is 1.87. The summed E-state index contributed by atoms with van der Waals surface area (Å²) in [4.78, 5) is 14.9. The van der Waals surface area contributed by atoms with Gasteiger partial charge in [-0.2, -0.15) is 5.10 Å². The lowest BCUT2D eigenvalue weighted by Gasteiger charge is -2.24. The number of ether oxygens (including phenoxy) is 2. The van der Waals surface area contributed by atoms with Gasteiger partial charge in [0.2, 0.25) is 5.91 Å². The summed E-state index contributed by atoms with van der Waals surface area (Å²) >= 11 is 1.63. The second-order valence-electron chi connectivity index (χ2n) is 7.95. The molecule has 1 atom stereocenters. The molecule has 7 heteroatoms. The first kappa shape index (κ1) is 22.1. The zero-order chi connectivity index (χ0) is 23.5. The van der Waals surface area contributed by atoms with Crippen molar-refractivity contribution in [1.29, 1.82) is 0 Å². The zero-order valence-electron chi connectivity index (χ0n) is 19.0. The molecule has 0 spiro atoms. The monoisotopic (exact) mass is 471 g/mol. The van der Waals surface area contributed by atoms with Gasteiger partial charge >= 0.3 is 0 Å². The number of nitrogens with zero attached hydrogens (tertiary/aromatic N) is 3. The Labute approximate surface area is 203 Å². The zero-order valence-corrected chi connectivity index (χ0v) is 19.9. The number of hydrogen-bond donors (Lipinski definition) is 0. The molecule has 2 heterocycles. The van der Waals surface area contributed by atoms with Gasteiger partial charge in [-0.25, -0.2) is 4.68 Å². The second kappa shape index (κ2) is 9.65. The van der Waals surface area contributed by atoms with E-state index in [1.54, 1.807) is 26.0 Å². The molecule has 6 nitrogen and oxygen atoms in total. The van der Waals surface area contributed by atoms with Gasteiger partial charge in [0.25, 0.3) is 0 Å². The number of benzene rings is 3. The number of amides is 1. The molecule has 3 aromatic carbocycles. The molecule has 0 saturated carbocycles. The largest absolute Gasteiger partial charge is 0.493 e. The number of aromatic nitrogens is 2. The van der Waals surface area contributed by atoms with Gasteiger partial charge in [0.05, 0.1) is 31.4 Å². The van der Waals surface area contributed by atoms with Crippen molar-refractivity contribution < 1.29 is 14.3 Å². The first-order valence-electron chi connectivity index (χ1n) is 11.0. The van der Waals surface area contributed by atoms with Crippen molar-refractivity contribution in [2.24, 2.45) is 0 Å². The maximum absolute atomic E-state index is 12.9. The molecular weight excluding hydrogens is 446 g/mol. The van der Waals surface area contributed by atoms with E-state index >= 15 is 0 Å². The van der Waals surface area contributed by atoms with Gasteiger partial charge in [0.15, 0.2) is 11.5 Å². The van der Waals surface area contributed by atoms with Crippen LogP contribution in [0.4, 0.5) is 0 Å². The minimum absolute atomic E-state index is 0.129. The molecule has 4 aromatic rings. The summed E-state index contributed by atoms with van der Waals surface area (Å²) in [6.45, 7) is 0.555. The molecule has 0 N–H and O–H groups in total. The van der Waals surface area contributed by atoms with Crippen molar-refractivity contribution in [3.63, 3.8) is 0 Å². The van der Waals surface area contributed by atoms with E-state index in [-0.39, 0.29) is 11.3 Å². The van der Waals surface area contributed by atoms with E-state index in [1.807, 2.05) is 82.5 Å². The van der Waals surface area contributed by atoms with Crippen LogP contribution in [-0.4, -0.2) is 40.6 Å². The normalized spacial score (nSPS) is 15.5. The molecule has 0 aliphatic carbocycles. The van der Waals surface area contributed by atoms with E-state index in [4.69, 9.17) is 14.6 Å². The van der Waals surface area contributed by atoms with Crippen LogP contribution in [0.3, 0.4) is 0 Å². The molecule has 1 aliphatic heterocycles. The number of thioether (sulfide) groups is 1. The van der Waals surface area contributed by atoms with Crippen LogP contribution in [0.1, 0.15) is 16.5 Å². The van der Waals surface area contributed by atoms with Crippen molar-refractivity contribution in [3.05, 3.63) is 96.2 Å². The molecule has 5 rings (SSSR count). The van der Waals surface area contributed by atoms with Crippen LogP contribution < -0.4 is 9.47 Å². The third kappa shape index (κ3) is 4.26. The summed E-state index contributed by atoms with van der Waals surface area (Å²) in [5.41, 5.74) is 4.77. The Balaban J connectivity index is 1.61. The summed E-state index contributed by atoms with van der Waals surface area (Å²) < 4.78 is 12.8. The van der Waals surface area contributed by atoms with E-state index in [1.165, 1.54) is 0 Å². The Kier molecular flexibility index (Phi) is 6.27. The van der Waals surface area contributed by atoms with Crippen LogP contribution in [0.2, 0.25) is 0 Å². The van der Waals surface area contributed by atoms with Crippen LogP contribution in [-0.2, 0) is 11.3 Å². The van der Waals surface area contributed by atoms with Crippen molar-refractivity contribution in [1.82, 2.24) is 14.7 Å². The molecule has 1 fully saturated rings. The first-order valence-corrected chi connectivity index (χ1v) is 12.0. The number of rotatable bonds is 7. The van der Waals surface area contributed by atoms with Gasteiger partial charge in [-0.05, 0) is 35.9 Å². The molecule has 1 aromatic heterocycles. The summed E-state index contributed by atoms with van der Waals surface area (Å²) in [6.07, 6.45) is 2.04. The lowest BCUT2D eigenvalue weighted by Crippen LogP contribution is -2.27. The quantitative estimate of drug-likeness (QED) is 0.365. The Hall–Kier alpha value is -3.71. The van der Waals surface area contributed by atoms with E-state index < -0.39 is 0 Å². The van der Waals surface area contributed by atoms with Gasteiger partial charge in [-0.15, -0.1) is 11.8 Å². The van der Waals surface area contributed by atoms with Crippen molar-refractivity contribution in [3.8, 4) is 28.4 Å². The number of carbonyl (C=O) groups is 1. The Morgan fingerprint density at radius 2 is 1.65 bits per heavy atom. The van der Waals surface area contributed by atoms with Crippen LogP contribution in [0.25, 0.3) is 16.9 Å². The van der Waals surface area contributed by atoms with Crippen LogP contribution >= 0.6 is 11.8 Å². The SMILES string of the molecule is COc1ccc(-c2nn(-c3ccccc3)cc2C2SCC(=O)N2Cc2ccccc2)cc1OC. The fraction of sp³-hybridized carbons (Fsp3) is 0.185. The van der Waals surface area contributed by atoms with Crippen molar-refractivity contribution in [2.45, 2.75) is 11.9 Å². The van der Waals surface area contributed by atoms with Gasteiger partial charge in [0, 0.05) is 23.9 Å². The smallest absolute Gasteiger partial charge is 0.234 e. The molecule has 1 saturated heterocycles. The predicted molar refractivity (Wildman–Crippen MR) is 134 cm³/mol. The highest BCUT2D eigenvalue weighted by Gasteiger charge is 2.36. The van der Waals surface area contributed by atoms with E-state index in [2.05, 4.69) is 12.1 Å². The Morgan fingerprint density at radius 3 is 2.35 bits per heavy atom. The van der Waals surface area contributed by atoms with E-state index in [9.17, 15) is 4.79 Å². The van der Waals surface area contributed by atoms with Crippen molar-refractivity contribution >= 4 is 17.7 Å². The summed E-state index contributed by atoms with van der Waals surface area (Å²) in [5, 5.41) is 4.82. The third-order valence-electron chi connectivity index (χ3n) is 5.85. The predicted octanol–water partition coefficient (Wildman–Crippen LogP) is 5.33. The minimum atomic E-state index is -0.145. The number of hydrogen-bond acceptors (Lipinski definition) is 5. The lowest BCUT2D eigenvalue weighted by atomic mass is 10.1. The molecule has 0 bridgehead atoms. The number of methoxy groups -OCH3 is 2. The number of carbonyl (C=O) groups excluding carboxylic acids is 1. The average molecular weight is 472 g/mol. The molecule has 1 amide bonds. The molecular formula is C27H25N3O3S. The van der Waals surface area contributed by atoms with Crippen LogP contribution in [0.5, 0.6) is 11.5 Å².